The molecule has 2 aromatic heterocycles. The third kappa shape index (κ3) is 2.71. The molecule has 3 rings (SSSR count). The van der Waals surface area contributed by atoms with Crippen LogP contribution in [0.1, 0.15) is 5.82 Å². The summed E-state index contributed by atoms with van der Waals surface area (Å²) in [5.41, 5.74) is 2.79. The van der Waals surface area contributed by atoms with Gasteiger partial charge in [-0.2, -0.15) is 0 Å². The number of aromatic nitrogens is 3. The highest BCUT2D eigenvalue weighted by atomic mass is 127. The first kappa shape index (κ1) is 14.3. The average molecular weight is 463 g/mol. The molecule has 3 nitrogen and oxygen atoms in total. The lowest BCUT2D eigenvalue weighted by molar-refractivity contribution is 0.905. The topological polar surface area (TPSA) is 30.7 Å². The molecular weight excluding hydrogens is 452 g/mol. The fourth-order valence-electron chi connectivity index (χ4n) is 2.13. The number of aryl methyl sites for hydroxylation is 1. The van der Waals surface area contributed by atoms with E-state index in [1.165, 1.54) is 3.57 Å². The van der Waals surface area contributed by atoms with Crippen LogP contribution in [0.2, 0.25) is 0 Å². The standard InChI is InChI=1S/C14H10BrClIN3/c15-9-6-12-14(18-8-9)20(13(19-12)4-5-16)11-3-1-2-10(17)7-11/h1-3,6-8H,4-5H2. The molecule has 1 aromatic carbocycles. The van der Waals surface area contributed by atoms with Crippen LogP contribution in [0.5, 0.6) is 0 Å². The number of rotatable bonds is 3. The number of nitrogens with zero attached hydrogens (tertiary/aromatic N) is 3. The zero-order chi connectivity index (χ0) is 14.1. The minimum absolute atomic E-state index is 0.536. The summed E-state index contributed by atoms with van der Waals surface area (Å²) < 4.78 is 4.18. The van der Waals surface area contributed by atoms with Gasteiger partial charge in [-0.1, -0.05) is 6.07 Å². The van der Waals surface area contributed by atoms with Crippen molar-refractivity contribution in [3.05, 3.63) is 50.4 Å². The Labute approximate surface area is 143 Å². The van der Waals surface area contributed by atoms with Crippen LogP contribution in [0.25, 0.3) is 16.9 Å². The van der Waals surface area contributed by atoms with Gasteiger partial charge in [0.05, 0.1) is 0 Å². The fourth-order valence-corrected chi connectivity index (χ4v) is 3.14. The summed E-state index contributed by atoms with van der Waals surface area (Å²) in [6.07, 6.45) is 2.50. The van der Waals surface area contributed by atoms with Gasteiger partial charge in [-0.05, 0) is 62.8 Å². The van der Waals surface area contributed by atoms with Crippen molar-refractivity contribution in [2.24, 2.45) is 0 Å². The Morgan fingerprint density at radius 2 is 2.15 bits per heavy atom. The second kappa shape index (κ2) is 5.99. The molecular formula is C14H10BrClIN3. The molecule has 0 fully saturated rings. The van der Waals surface area contributed by atoms with Crippen molar-refractivity contribution >= 4 is 61.3 Å². The fraction of sp³-hybridized carbons (Fsp3) is 0.143. The SMILES string of the molecule is ClCCc1nc2cc(Br)cnc2n1-c1cccc(I)c1. The van der Waals surface area contributed by atoms with Crippen LogP contribution in [-0.4, -0.2) is 20.4 Å². The molecule has 0 unspecified atom stereocenters. The van der Waals surface area contributed by atoms with E-state index in [1.807, 2.05) is 12.1 Å². The van der Waals surface area contributed by atoms with Gasteiger partial charge in [0.1, 0.15) is 11.3 Å². The van der Waals surface area contributed by atoms with Gasteiger partial charge in [0.15, 0.2) is 5.65 Å². The summed E-state index contributed by atoms with van der Waals surface area (Å²) in [6.45, 7) is 0. The van der Waals surface area contributed by atoms with Gasteiger partial charge in [-0.15, -0.1) is 11.6 Å². The van der Waals surface area contributed by atoms with Crippen LogP contribution in [0.15, 0.2) is 41.0 Å². The number of hydrogen-bond acceptors (Lipinski definition) is 2. The third-order valence-corrected chi connectivity index (χ3v) is 4.21. The predicted octanol–water partition coefficient (Wildman–Crippen LogP) is 4.57. The molecule has 0 bridgehead atoms. The van der Waals surface area contributed by atoms with Gasteiger partial charge in [-0.3, -0.25) is 4.57 Å². The molecule has 0 saturated carbocycles. The van der Waals surface area contributed by atoms with Crippen LogP contribution in [0.3, 0.4) is 0 Å². The Kier molecular flexibility index (Phi) is 4.28. The Hall–Kier alpha value is -0.660. The molecule has 0 radical (unpaired) electrons. The molecule has 102 valence electrons. The highest BCUT2D eigenvalue weighted by Gasteiger charge is 2.13. The number of hydrogen-bond donors (Lipinski definition) is 0. The molecule has 0 amide bonds. The van der Waals surface area contributed by atoms with Crippen molar-refractivity contribution in [2.75, 3.05) is 5.88 Å². The van der Waals surface area contributed by atoms with Crippen molar-refractivity contribution in [1.82, 2.24) is 14.5 Å². The largest absolute Gasteiger partial charge is 0.281 e. The maximum absolute atomic E-state index is 5.90. The van der Waals surface area contributed by atoms with E-state index in [-0.39, 0.29) is 0 Å². The summed E-state index contributed by atoms with van der Waals surface area (Å²) in [7, 11) is 0. The second-order valence-electron chi connectivity index (χ2n) is 4.28. The summed E-state index contributed by atoms with van der Waals surface area (Å²) >= 11 is 11.6. The van der Waals surface area contributed by atoms with Crippen LogP contribution in [0.4, 0.5) is 0 Å². The van der Waals surface area contributed by atoms with E-state index in [1.54, 1.807) is 6.20 Å². The van der Waals surface area contributed by atoms with Gasteiger partial charge in [-0.25, -0.2) is 9.97 Å². The van der Waals surface area contributed by atoms with Crippen LogP contribution >= 0.6 is 50.1 Å². The Bertz CT molecular complexity index is 772. The first-order valence-corrected chi connectivity index (χ1v) is 8.44. The predicted molar refractivity (Wildman–Crippen MR) is 93.7 cm³/mol. The van der Waals surface area contributed by atoms with Gasteiger partial charge in [0.25, 0.3) is 0 Å². The molecule has 0 atom stereocenters. The van der Waals surface area contributed by atoms with E-state index in [0.29, 0.717) is 12.3 Å². The van der Waals surface area contributed by atoms with Gasteiger partial charge in [0.2, 0.25) is 0 Å². The average Bonchev–Trinajstić information content (AvgIpc) is 2.76. The van der Waals surface area contributed by atoms with E-state index >= 15 is 0 Å². The van der Waals surface area contributed by atoms with Crippen LogP contribution < -0.4 is 0 Å². The molecule has 0 aliphatic rings. The minimum Gasteiger partial charge on any atom is -0.281 e. The van der Waals surface area contributed by atoms with Crippen molar-refractivity contribution in [3.63, 3.8) is 0 Å². The van der Waals surface area contributed by atoms with Gasteiger partial charge >= 0.3 is 0 Å². The number of alkyl halides is 1. The molecule has 0 saturated heterocycles. The van der Waals surface area contributed by atoms with Crippen molar-refractivity contribution < 1.29 is 0 Å². The maximum atomic E-state index is 5.90. The highest BCUT2D eigenvalue weighted by molar-refractivity contribution is 14.1. The van der Waals surface area contributed by atoms with E-state index in [0.717, 1.165) is 27.1 Å². The number of pyridine rings is 1. The molecule has 6 heteroatoms. The van der Waals surface area contributed by atoms with Crippen LogP contribution in [-0.2, 0) is 6.42 Å². The number of benzene rings is 1. The molecule has 0 N–H and O–H groups in total. The lowest BCUT2D eigenvalue weighted by Crippen LogP contribution is -2.03. The maximum Gasteiger partial charge on any atom is 0.164 e. The van der Waals surface area contributed by atoms with Crippen molar-refractivity contribution in [2.45, 2.75) is 6.42 Å². The van der Waals surface area contributed by atoms with Crippen molar-refractivity contribution in [1.29, 1.82) is 0 Å². The minimum atomic E-state index is 0.536. The molecule has 0 spiro atoms. The summed E-state index contributed by atoms with van der Waals surface area (Å²) in [4.78, 5) is 9.15. The summed E-state index contributed by atoms with van der Waals surface area (Å²) in [5.74, 6) is 1.47. The second-order valence-corrected chi connectivity index (χ2v) is 6.82. The van der Waals surface area contributed by atoms with E-state index in [2.05, 4.69) is 71.3 Å². The van der Waals surface area contributed by atoms with E-state index in [9.17, 15) is 0 Å². The molecule has 20 heavy (non-hydrogen) atoms. The molecule has 3 aromatic rings. The highest BCUT2D eigenvalue weighted by Crippen LogP contribution is 2.24. The van der Waals surface area contributed by atoms with Gasteiger partial charge in [0, 0.05) is 32.2 Å². The third-order valence-electron chi connectivity index (χ3n) is 2.92. The van der Waals surface area contributed by atoms with Crippen molar-refractivity contribution in [3.8, 4) is 5.69 Å². The zero-order valence-electron chi connectivity index (χ0n) is 10.4. The first-order chi connectivity index (χ1) is 9.69. The smallest absolute Gasteiger partial charge is 0.164 e. The molecule has 0 aliphatic heterocycles. The number of fused-ring (bicyclic) bond motifs is 1. The monoisotopic (exact) mass is 461 g/mol. The summed E-state index contributed by atoms with van der Waals surface area (Å²) in [5, 5.41) is 0. The molecule has 2 heterocycles. The van der Waals surface area contributed by atoms with Gasteiger partial charge < -0.3 is 0 Å². The quantitative estimate of drug-likeness (QED) is 0.422. The first-order valence-electron chi connectivity index (χ1n) is 6.04. The zero-order valence-corrected chi connectivity index (χ0v) is 14.9. The lowest BCUT2D eigenvalue weighted by atomic mass is 10.3. The number of halogens is 3. The van der Waals surface area contributed by atoms with Crippen LogP contribution in [0, 0.1) is 3.57 Å². The Morgan fingerprint density at radius 1 is 1.30 bits per heavy atom. The summed E-state index contributed by atoms with van der Waals surface area (Å²) in [6, 6.07) is 10.2. The Morgan fingerprint density at radius 3 is 2.90 bits per heavy atom. The molecule has 0 aliphatic carbocycles. The number of imidazole rings is 1. The lowest BCUT2D eigenvalue weighted by Gasteiger charge is -2.08. The Balaban J connectivity index is 2.28. The van der Waals surface area contributed by atoms with E-state index < -0.39 is 0 Å². The normalized spacial score (nSPS) is 11.2. The van der Waals surface area contributed by atoms with E-state index in [4.69, 9.17) is 11.6 Å².